The summed E-state index contributed by atoms with van der Waals surface area (Å²) in [6, 6.07) is 0. The number of rotatable bonds is 2. The first kappa shape index (κ1) is 8.72. The van der Waals surface area contributed by atoms with E-state index in [9.17, 15) is 4.79 Å². The summed E-state index contributed by atoms with van der Waals surface area (Å²) >= 11 is 0. The quantitative estimate of drug-likeness (QED) is 0.609. The summed E-state index contributed by atoms with van der Waals surface area (Å²) in [5.41, 5.74) is -0.464. The molecule has 0 saturated carbocycles. The lowest BCUT2D eigenvalue weighted by molar-refractivity contribution is -0.140. The molecular weight excluding hydrogens is 140 g/mol. The van der Waals surface area contributed by atoms with E-state index in [1.54, 1.807) is 0 Å². The minimum absolute atomic E-state index is 0.0955. The van der Waals surface area contributed by atoms with Crippen LogP contribution in [-0.2, 0) is 9.53 Å². The van der Waals surface area contributed by atoms with Crippen molar-refractivity contribution in [1.29, 1.82) is 0 Å². The molecule has 0 aromatic carbocycles. The average molecular weight is 156 g/mol. The van der Waals surface area contributed by atoms with Gasteiger partial charge >= 0.3 is 0 Å². The van der Waals surface area contributed by atoms with Crippen LogP contribution in [-0.4, -0.2) is 18.0 Å². The predicted molar refractivity (Wildman–Crippen MR) is 43.4 cm³/mol. The fourth-order valence-corrected chi connectivity index (χ4v) is 1.58. The Kier molecular flexibility index (Phi) is 2.33. The van der Waals surface area contributed by atoms with Crippen LogP contribution < -0.4 is 0 Å². The molecule has 0 bridgehead atoms. The van der Waals surface area contributed by atoms with Crippen LogP contribution in [0.3, 0.4) is 0 Å². The third-order valence-electron chi connectivity index (χ3n) is 2.26. The van der Waals surface area contributed by atoms with E-state index >= 15 is 0 Å². The smallest absolute Gasteiger partial charge is 0.166 e. The van der Waals surface area contributed by atoms with Gasteiger partial charge in [0.05, 0.1) is 0 Å². The summed E-state index contributed by atoms with van der Waals surface area (Å²) in [5.74, 6) is 0.341. The first-order valence-corrected chi connectivity index (χ1v) is 4.24. The zero-order valence-electron chi connectivity index (χ0n) is 7.52. The van der Waals surface area contributed by atoms with Gasteiger partial charge in [-0.1, -0.05) is 13.8 Å². The molecule has 0 aromatic rings. The molecule has 64 valence electrons. The Labute approximate surface area is 67.9 Å². The Morgan fingerprint density at radius 1 is 1.55 bits per heavy atom. The van der Waals surface area contributed by atoms with E-state index < -0.39 is 5.60 Å². The SMILES string of the molecule is CC(C)C(=O)[C@@]1(C)CCCO1. The van der Waals surface area contributed by atoms with Crippen molar-refractivity contribution in [2.24, 2.45) is 5.92 Å². The van der Waals surface area contributed by atoms with E-state index in [2.05, 4.69) is 0 Å². The average Bonchev–Trinajstić information content (AvgIpc) is 2.35. The lowest BCUT2D eigenvalue weighted by Crippen LogP contribution is -2.37. The molecule has 2 heteroatoms. The summed E-state index contributed by atoms with van der Waals surface area (Å²) in [4.78, 5) is 11.5. The minimum atomic E-state index is -0.464. The highest BCUT2D eigenvalue weighted by molar-refractivity contribution is 5.88. The number of carbonyl (C=O) groups excluding carboxylic acids is 1. The van der Waals surface area contributed by atoms with Crippen LogP contribution in [0.15, 0.2) is 0 Å². The largest absolute Gasteiger partial charge is 0.367 e. The molecular formula is C9H16O2. The minimum Gasteiger partial charge on any atom is -0.367 e. The number of Topliss-reactive ketones (excluding diaryl/α,β-unsaturated/α-hetero) is 1. The van der Waals surface area contributed by atoms with Crippen LogP contribution >= 0.6 is 0 Å². The first-order chi connectivity index (χ1) is 5.06. The third kappa shape index (κ3) is 1.62. The summed E-state index contributed by atoms with van der Waals surface area (Å²) in [6.07, 6.45) is 1.92. The molecule has 1 saturated heterocycles. The van der Waals surface area contributed by atoms with Gasteiger partial charge in [-0.15, -0.1) is 0 Å². The van der Waals surface area contributed by atoms with Gasteiger partial charge in [-0.2, -0.15) is 0 Å². The Morgan fingerprint density at radius 2 is 2.18 bits per heavy atom. The van der Waals surface area contributed by atoms with E-state index in [1.165, 1.54) is 0 Å². The second-order valence-electron chi connectivity index (χ2n) is 3.70. The standard InChI is InChI=1S/C9H16O2/c1-7(2)8(10)9(3)5-4-6-11-9/h7H,4-6H2,1-3H3/t9-/m1/s1. The fourth-order valence-electron chi connectivity index (χ4n) is 1.58. The second kappa shape index (κ2) is 2.94. The molecule has 11 heavy (non-hydrogen) atoms. The highest BCUT2D eigenvalue weighted by atomic mass is 16.5. The molecule has 0 N–H and O–H groups in total. The lowest BCUT2D eigenvalue weighted by Gasteiger charge is -2.23. The number of ether oxygens (including phenoxy) is 1. The topological polar surface area (TPSA) is 26.3 Å². The molecule has 1 aliphatic rings. The van der Waals surface area contributed by atoms with Crippen LogP contribution in [0.1, 0.15) is 33.6 Å². The van der Waals surface area contributed by atoms with Crippen molar-refractivity contribution >= 4 is 5.78 Å². The van der Waals surface area contributed by atoms with Gasteiger partial charge in [0.25, 0.3) is 0 Å². The van der Waals surface area contributed by atoms with Gasteiger partial charge in [0, 0.05) is 12.5 Å². The van der Waals surface area contributed by atoms with E-state index in [-0.39, 0.29) is 11.7 Å². The Bertz CT molecular complexity index is 155. The molecule has 0 spiro atoms. The molecule has 1 aliphatic heterocycles. The molecule has 1 heterocycles. The molecule has 1 fully saturated rings. The zero-order chi connectivity index (χ0) is 8.48. The van der Waals surface area contributed by atoms with Crippen molar-refractivity contribution in [2.75, 3.05) is 6.61 Å². The fraction of sp³-hybridized carbons (Fsp3) is 0.889. The summed E-state index contributed by atoms with van der Waals surface area (Å²) in [6.45, 7) is 6.50. The van der Waals surface area contributed by atoms with Crippen molar-refractivity contribution in [2.45, 2.75) is 39.2 Å². The van der Waals surface area contributed by atoms with Crippen LogP contribution in [0.5, 0.6) is 0 Å². The summed E-state index contributed by atoms with van der Waals surface area (Å²) < 4.78 is 5.41. The van der Waals surface area contributed by atoms with Crippen molar-refractivity contribution in [3.05, 3.63) is 0 Å². The predicted octanol–water partition coefficient (Wildman–Crippen LogP) is 1.78. The number of carbonyl (C=O) groups is 1. The van der Waals surface area contributed by atoms with Gasteiger partial charge < -0.3 is 4.74 Å². The van der Waals surface area contributed by atoms with Crippen LogP contribution in [0.2, 0.25) is 0 Å². The molecule has 0 unspecified atom stereocenters. The highest BCUT2D eigenvalue weighted by Gasteiger charge is 2.38. The molecule has 0 amide bonds. The monoisotopic (exact) mass is 156 g/mol. The maximum Gasteiger partial charge on any atom is 0.166 e. The second-order valence-corrected chi connectivity index (χ2v) is 3.70. The maximum absolute atomic E-state index is 11.5. The van der Waals surface area contributed by atoms with Crippen molar-refractivity contribution in [1.82, 2.24) is 0 Å². The molecule has 0 aliphatic carbocycles. The molecule has 0 radical (unpaired) electrons. The van der Waals surface area contributed by atoms with E-state index in [0.717, 1.165) is 19.4 Å². The summed E-state index contributed by atoms with van der Waals surface area (Å²) in [7, 11) is 0. The van der Waals surface area contributed by atoms with Crippen molar-refractivity contribution < 1.29 is 9.53 Å². The Balaban J connectivity index is 2.64. The van der Waals surface area contributed by atoms with Crippen LogP contribution in [0, 0.1) is 5.92 Å². The third-order valence-corrected chi connectivity index (χ3v) is 2.26. The Morgan fingerprint density at radius 3 is 2.55 bits per heavy atom. The molecule has 0 aromatic heterocycles. The number of hydrogen-bond donors (Lipinski definition) is 0. The van der Waals surface area contributed by atoms with Crippen LogP contribution in [0.25, 0.3) is 0 Å². The van der Waals surface area contributed by atoms with E-state index in [0.29, 0.717) is 0 Å². The lowest BCUT2D eigenvalue weighted by atomic mass is 9.90. The zero-order valence-corrected chi connectivity index (χ0v) is 7.52. The maximum atomic E-state index is 11.5. The molecule has 1 atom stereocenters. The highest BCUT2D eigenvalue weighted by Crippen LogP contribution is 2.28. The van der Waals surface area contributed by atoms with E-state index in [4.69, 9.17) is 4.74 Å². The van der Waals surface area contributed by atoms with Gasteiger partial charge in [0.2, 0.25) is 0 Å². The van der Waals surface area contributed by atoms with Gasteiger partial charge in [-0.25, -0.2) is 0 Å². The van der Waals surface area contributed by atoms with Gasteiger partial charge in [-0.3, -0.25) is 4.79 Å². The molecule has 2 nitrogen and oxygen atoms in total. The molecule has 1 rings (SSSR count). The van der Waals surface area contributed by atoms with E-state index in [1.807, 2.05) is 20.8 Å². The Hall–Kier alpha value is -0.370. The van der Waals surface area contributed by atoms with Gasteiger partial charge in [0.1, 0.15) is 5.60 Å². The van der Waals surface area contributed by atoms with Gasteiger partial charge in [-0.05, 0) is 19.8 Å². The summed E-state index contributed by atoms with van der Waals surface area (Å²) in [5, 5.41) is 0. The van der Waals surface area contributed by atoms with Gasteiger partial charge in [0.15, 0.2) is 5.78 Å². The van der Waals surface area contributed by atoms with Crippen molar-refractivity contribution in [3.63, 3.8) is 0 Å². The number of hydrogen-bond acceptors (Lipinski definition) is 2. The van der Waals surface area contributed by atoms with Crippen molar-refractivity contribution in [3.8, 4) is 0 Å². The van der Waals surface area contributed by atoms with Crippen LogP contribution in [0.4, 0.5) is 0 Å². The number of ketones is 1. The first-order valence-electron chi connectivity index (χ1n) is 4.24. The normalized spacial score (nSPS) is 31.3.